The van der Waals surface area contributed by atoms with Crippen molar-refractivity contribution in [3.05, 3.63) is 60.7 Å². The smallest absolute Gasteiger partial charge is 0.230 e. The molecular formula is C50H81NO6S. The number of hydrogen-bond donors (Lipinski definition) is 2. The van der Waals surface area contributed by atoms with E-state index in [1.807, 2.05) is 23.9 Å². The Morgan fingerprint density at radius 1 is 0.828 bits per heavy atom. The number of nitrogens with zero attached hydrogens (tertiary/aromatic N) is 1. The SMILES string of the molecule is C=CCOc1ccc2c(c1)[C@H]1[C@H](CCCCO)[C@@H](CCCCO)C=C3C(=NOC(C)(C)C)C[C@H](SCCCCCCCCCCCCCCCC)[C@@](OCC=C)(O2)[C@H]31. The number of benzene rings is 1. The summed E-state index contributed by atoms with van der Waals surface area (Å²) in [4.78, 5) is 6.26. The molecule has 4 rings (SSSR count). The van der Waals surface area contributed by atoms with Crippen LogP contribution in [0.3, 0.4) is 0 Å². The van der Waals surface area contributed by atoms with Gasteiger partial charge in [0.15, 0.2) is 0 Å². The molecule has 7 nitrogen and oxygen atoms in total. The van der Waals surface area contributed by atoms with Crippen LogP contribution in [0.25, 0.3) is 0 Å². The van der Waals surface area contributed by atoms with E-state index in [1.54, 1.807) is 6.08 Å². The summed E-state index contributed by atoms with van der Waals surface area (Å²) < 4.78 is 20.6. The number of fused-ring (bicyclic) bond motifs is 2. The number of rotatable bonds is 31. The fraction of sp³-hybridized carbons (Fsp3) is 0.740. The first-order valence-corrected chi connectivity index (χ1v) is 24.4. The zero-order chi connectivity index (χ0) is 41.6. The third-order valence-electron chi connectivity index (χ3n) is 12.2. The van der Waals surface area contributed by atoms with Gasteiger partial charge in [-0.1, -0.05) is 133 Å². The van der Waals surface area contributed by atoms with E-state index in [4.69, 9.17) is 24.2 Å². The number of hydrogen-bond acceptors (Lipinski definition) is 8. The minimum atomic E-state index is -0.937. The maximum absolute atomic E-state index is 9.89. The van der Waals surface area contributed by atoms with Crippen molar-refractivity contribution in [3.63, 3.8) is 0 Å². The lowest BCUT2D eigenvalue weighted by atomic mass is 9.56. The van der Waals surface area contributed by atoms with E-state index in [9.17, 15) is 10.2 Å². The first-order chi connectivity index (χ1) is 28.2. The summed E-state index contributed by atoms with van der Waals surface area (Å²) in [6.45, 7) is 17.6. The van der Waals surface area contributed by atoms with E-state index in [2.05, 4.69) is 59.1 Å². The third kappa shape index (κ3) is 14.4. The lowest BCUT2D eigenvalue weighted by Crippen LogP contribution is -2.64. The molecule has 0 aromatic heterocycles. The molecule has 1 aromatic rings. The number of unbranched alkanes of at least 4 members (excludes halogenated alkanes) is 15. The average molecular weight is 824 g/mol. The molecule has 1 aliphatic heterocycles. The largest absolute Gasteiger partial charge is 0.490 e. The van der Waals surface area contributed by atoms with Crippen LogP contribution in [0.1, 0.15) is 174 Å². The van der Waals surface area contributed by atoms with E-state index in [-0.39, 0.29) is 42.1 Å². The quantitative estimate of drug-likeness (QED) is 0.0438. The Kier molecular flexibility index (Phi) is 21.8. The average Bonchev–Trinajstić information content (AvgIpc) is 3.21. The molecule has 0 amide bonds. The Hall–Kier alpha value is -2.26. The van der Waals surface area contributed by atoms with Gasteiger partial charge in [-0.3, -0.25) is 0 Å². The highest BCUT2D eigenvalue weighted by atomic mass is 32.2. The summed E-state index contributed by atoms with van der Waals surface area (Å²) >= 11 is 1.98. The number of thioether (sulfide) groups is 1. The molecule has 2 N–H and O–H groups in total. The Bertz CT molecular complexity index is 1400. The molecule has 2 aliphatic carbocycles. The second-order valence-corrected chi connectivity index (χ2v) is 19.3. The zero-order valence-corrected chi connectivity index (χ0v) is 37.8. The predicted octanol–water partition coefficient (Wildman–Crippen LogP) is 12.9. The van der Waals surface area contributed by atoms with Crippen LogP contribution in [-0.4, -0.2) is 64.7 Å². The van der Waals surface area contributed by atoms with Crippen molar-refractivity contribution in [2.75, 3.05) is 32.2 Å². The monoisotopic (exact) mass is 824 g/mol. The minimum absolute atomic E-state index is 0.0183. The number of oxime groups is 1. The van der Waals surface area contributed by atoms with Gasteiger partial charge in [0, 0.05) is 31.1 Å². The molecule has 0 saturated heterocycles. The van der Waals surface area contributed by atoms with Crippen LogP contribution in [0, 0.1) is 17.8 Å². The Balaban J connectivity index is 1.62. The minimum Gasteiger partial charge on any atom is -0.490 e. The van der Waals surface area contributed by atoms with E-state index in [1.165, 1.54) is 89.0 Å². The highest BCUT2D eigenvalue weighted by Crippen LogP contribution is 2.62. The van der Waals surface area contributed by atoms with Crippen LogP contribution >= 0.6 is 11.8 Å². The zero-order valence-electron chi connectivity index (χ0n) is 37.0. The van der Waals surface area contributed by atoms with Crippen molar-refractivity contribution < 1.29 is 29.3 Å². The summed E-state index contributed by atoms with van der Waals surface area (Å²) in [7, 11) is 0. The van der Waals surface area contributed by atoms with E-state index >= 15 is 0 Å². The van der Waals surface area contributed by atoms with E-state index in [0.29, 0.717) is 19.6 Å². The van der Waals surface area contributed by atoms with Crippen molar-refractivity contribution >= 4 is 17.5 Å². The molecule has 3 aliphatic rings. The van der Waals surface area contributed by atoms with Gasteiger partial charge >= 0.3 is 0 Å². The van der Waals surface area contributed by atoms with Crippen molar-refractivity contribution in [3.8, 4) is 11.5 Å². The van der Waals surface area contributed by atoms with Crippen molar-refractivity contribution in [1.82, 2.24) is 0 Å². The molecule has 8 heteroatoms. The standard InChI is InChI=1S/C50H81NO6S/c1-7-10-11-12-13-14-15-16-17-18-19-20-21-26-35-58-46-38-44(51-57-49(4,5)6)42-36-39(27-22-24-31-52)41(28-23-25-32-53)47-43-37-40(54-33-8-2)29-30-45(43)56-50(46,48(42)47)55-34-9-3/h8-9,29-30,36-37,39,41,46-48,52-53H,2-3,7,10-28,31-35,38H2,1,4-6H3/t39-,41+,46-,47+,48+,50+/m0/s1. The van der Waals surface area contributed by atoms with E-state index in [0.717, 1.165) is 73.5 Å². The highest BCUT2D eigenvalue weighted by Gasteiger charge is 2.64. The molecule has 0 radical (unpaired) electrons. The lowest BCUT2D eigenvalue weighted by molar-refractivity contribution is -0.223. The number of allylic oxidation sites excluding steroid dienone is 1. The van der Waals surface area contributed by atoms with Gasteiger partial charge in [-0.15, -0.1) is 6.58 Å². The fourth-order valence-electron chi connectivity index (χ4n) is 9.44. The fourth-order valence-corrected chi connectivity index (χ4v) is 10.9. The molecule has 1 heterocycles. The molecule has 0 spiro atoms. The maximum Gasteiger partial charge on any atom is 0.230 e. The van der Waals surface area contributed by atoms with Crippen LogP contribution in [0.15, 0.2) is 60.3 Å². The maximum atomic E-state index is 9.89. The van der Waals surface area contributed by atoms with Gasteiger partial charge in [-0.05, 0) is 94.2 Å². The summed E-state index contributed by atoms with van der Waals surface area (Å²) in [6, 6.07) is 6.27. The Morgan fingerprint density at radius 3 is 2.05 bits per heavy atom. The first-order valence-electron chi connectivity index (χ1n) is 23.3. The van der Waals surface area contributed by atoms with Gasteiger partial charge in [0.1, 0.15) is 23.7 Å². The molecule has 0 bridgehead atoms. The molecule has 328 valence electrons. The van der Waals surface area contributed by atoms with Crippen LogP contribution in [-0.2, 0) is 9.57 Å². The summed E-state index contributed by atoms with van der Waals surface area (Å²) in [6.07, 6.45) is 31.0. The first kappa shape index (κ1) is 48.4. The van der Waals surface area contributed by atoms with Gasteiger partial charge in [-0.2, -0.15) is 11.8 Å². The number of aliphatic hydroxyl groups is 2. The van der Waals surface area contributed by atoms with Gasteiger partial charge in [-0.25, -0.2) is 0 Å². The van der Waals surface area contributed by atoms with Crippen LogP contribution in [0.2, 0.25) is 0 Å². The molecule has 58 heavy (non-hydrogen) atoms. The van der Waals surface area contributed by atoms with Crippen molar-refractivity contribution in [2.24, 2.45) is 22.9 Å². The molecule has 1 aromatic carbocycles. The van der Waals surface area contributed by atoms with Gasteiger partial charge < -0.3 is 29.3 Å². The van der Waals surface area contributed by atoms with Crippen molar-refractivity contribution in [1.29, 1.82) is 0 Å². The van der Waals surface area contributed by atoms with Gasteiger partial charge in [0.25, 0.3) is 0 Å². The van der Waals surface area contributed by atoms with Crippen LogP contribution in [0.4, 0.5) is 0 Å². The normalized spacial score (nSPS) is 24.4. The summed E-state index contributed by atoms with van der Waals surface area (Å²) in [5.74, 6) is 2.19. The van der Waals surface area contributed by atoms with E-state index < -0.39 is 11.4 Å². The third-order valence-corrected chi connectivity index (χ3v) is 13.7. The molecule has 1 fully saturated rings. The highest BCUT2D eigenvalue weighted by molar-refractivity contribution is 8.00. The Labute approximate surface area is 357 Å². The number of aliphatic hydroxyl groups excluding tert-OH is 2. The molecular weight excluding hydrogens is 743 g/mol. The van der Waals surface area contributed by atoms with Crippen LogP contribution in [0.5, 0.6) is 11.5 Å². The second kappa shape index (κ2) is 26.2. The Morgan fingerprint density at radius 2 is 1.45 bits per heavy atom. The van der Waals surface area contributed by atoms with Crippen molar-refractivity contribution in [2.45, 2.75) is 185 Å². The van der Waals surface area contributed by atoms with Crippen LogP contribution < -0.4 is 9.47 Å². The molecule has 6 atom stereocenters. The lowest BCUT2D eigenvalue weighted by Gasteiger charge is -2.58. The predicted molar refractivity (Wildman–Crippen MR) is 244 cm³/mol. The van der Waals surface area contributed by atoms with Gasteiger partial charge in [0.05, 0.1) is 23.5 Å². The summed E-state index contributed by atoms with van der Waals surface area (Å²) in [5.41, 5.74) is 2.87. The second-order valence-electron chi connectivity index (χ2n) is 18.0. The molecule has 0 unspecified atom stereocenters. The molecule has 1 saturated carbocycles. The van der Waals surface area contributed by atoms with Gasteiger partial charge in [0.2, 0.25) is 5.79 Å². The summed E-state index contributed by atoms with van der Waals surface area (Å²) in [5, 5.41) is 24.7. The topological polar surface area (TPSA) is 89.7 Å². The number of ether oxygens (including phenoxy) is 3.